The molecule has 0 bridgehead atoms. The Morgan fingerprint density at radius 1 is 1.12 bits per heavy atom. The summed E-state index contributed by atoms with van der Waals surface area (Å²) < 4.78 is 4.87. The number of carboxylic acid groups (broad SMARTS) is 1. The van der Waals surface area contributed by atoms with Crippen molar-refractivity contribution in [3.8, 4) is 0 Å². The highest BCUT2D eigenvalue weighted by atomic mass is 16.5. The molecule has 4 heteroatoms. The standard InChI is InChI=1S/C12H14O4/c13-11(14)6-7-12(15)16-9-8-10-4-2-1-3-5-10/h1-5H,6-9H2,(H,13,14)/p-1. The molecule has 0 saturated heterocycles. The fourth-order valence-corrected chi connectivity index (χ4v) is 1.20. The van der Waals surface area contributed by atoms with Crippen molar-refractivity contribution < 1.29 is 19.4 Å². The maximum Gasteiger partial charge on any atom is 0.306 e. The Kier molecular flexibility index (Phi) is 5.05. The predicted octanol–water partition coefficient (Wildman–Crippen LogP) is 0.302. The summed E-state index contributed by atoms with van der Waals surface area (Å²) in [6.45, 7) is 0.274. The monoisotopic (exact) mass is 221 g/mol. The molecule has 0 aliphatic heterocycles. The van der Waals surface area contributed by atoms with Crippen molar-refractivity contribution in [3.05, 3.63) is 35.9 Å². The van der Waals surface area contributed by atoms with E-state index in [-0.39, 0.29) is 19.4 Å². The van der Waals surface area contributed by atoms with Crippen LogP contribution in [0.15, 0.2) is 30.3 Å². The zero-order chi connectivity index (χ0) is 11.8. The number of carbonyl (C=O) groups excluding carboxylic acids is 2. The third kappa shape index (κ3) is 5.14. The maximum atomic E-state index is 11.0. The third-order valence-corrected chi connectivity index (χ3v) is 2.03. The lowest BCUT2D eigenvalue weighted by atomic mass is 10.2. The Bertz CT molecular complexity index is 345. The van der Waals surface area contributed by atoms with Crippen LogP contribution in [0, 0.1) is 0 Å². The van der Waals surface area contributed by atoms with E-state index in [1.807, 2.05) is 30.3 Å². The van der Waals surface area contributed by atoms with E-state index < -0.39 is 11.9 Å². The fourth-order valence-electron chi connectivity index (χ4n) is 1.20. The Morgan fingerprint density at radius 3 is 2.44 bits per heavy atom. The Labute approximate surface area is 93.9 Å². The molecule has 16 heavy (non-hydrogen) atoms. The first kappa shape index (κ1) is 12.2. The van der Waals surface area contributed by atoms with Crippen LogP contribution in [0.5, 0.6) is 0 Å². The Hall–Kier alpha value is -1.84. The van der Waals surface area contributed by atoms with Crippen LogP contribution in [0.3, 0.4) is 0 Å². The molecular weight excluding hydrogens is 208 g/mol. The fraction of sp³-hybridized carbons (Fsp3) is 0.333. The lowest BCUT2D eigenvalue weighted by molar-refractivity contribution is -0.305. The average Bonchev–Trinajstić information content (AvgIpc) is 2.28. The molecule has 0 radical (unpaired) electrons. The summed E-state index contributed by atoms with van der Waals surface area (Å²) >= 11 is 0. The van der Waals surface area contributed by atoms with Crippen molar-refractivity contribution in [2.45, 2.75) is 19.3 Å². The van der Waals surface area contributed by atoms with Crippen molar-refractivity contribution >= 4 is 11.9 Å². The molecule has 0 heterocycles. The minimum Gasteiger partial charge on any atom is -0.550 e. The van der Waals surface area contributed by atoms with Crippen molar-refractivity contribution in [1.29, 1.82) is 0 Å². The lowest BCUT2D eigenvalue weighted by Crippen LogP contribution is -2.23. The average molecular weight is 221 g/mol. The van der Waals surface area contributed by atoms with E-state index in [0.29, 0.717) is 6.42 Å². The highest BCUT2D eigenvalue weighted by Gasteiger charge is 2.02. The highest BCUT2D eigenvalue weighted by Crippen LogP contribution is 2.00. The first-order valence-electron chi connectivity index (χ1n) is 5.08. The van der Waals surface area contributed by atoms with E-state index in [9.17, 15) is 14.7 Å². The minimum absolute atomic E-state index is 0.128. The second-order valence-electron chi connectivity index (χ2n) is 3.33. The second kappa shape index (κ2) is 6.61. The van der Waals surface area contributed by atoms with E-state index >= 15 is 0 Å². The van der Waals surface area contributed by atoms with Crippen LogP contribution in [-0.2, 0) is 20.7 Å². The van der Waals surface area contributed by atoms with Gasteiger partial charge in [-0.3, -0.25) is 4.79 Å². The zero-order valence-corrected chi connectivity index (χ0v) is 8.85. The maximum absolute atomic E-state index is 11.0. The first-order valence-corrected chi connectivity index (χ1v) is 5.08. The van der Waals surface area contributed by atoms with Crippen molar-refractivity contribution in [3.63, 3.8) is 0 Å². The first-order chi connectivity index (χ1) is 7.68. The molecule has 0 aliphatic rings. The summed E-state index contributed by atoms with van der Waals surface area (Å²) in [5, 5.41) is 10.1. The van der Waals surface area contributed by atoms with E-state index in [4.69, 9.17) is 4.74 Å². The SMILES string of the molecule is O=C([O-])CCC(=O)OCCc1ccccc1. The lowest BCUT2D eigenvalue weighted by Gasteiger charge is -2.05. The van der Waals surface area contributed by atoms with Gasteiger partial charge in [0.2, 0.25) is 0 Å². The van der Waals surface area contributed by atoms with Crippen LogP contribution in [0.2, 0.25) is 0 Å². The van der Waals surface area contributed by atoms with Gasteiger partial charge in [0.05, 0.1) is 13.0 Å². The van der Waals surface area contributed by atoms with E-state index in [2.05, 4.69) is 0 Å². The summed E-state index contributed by atoms with van der Waals surface area (Å²) in [4.78, 5) is 21.1. The normalized spacial score (nSPS) is 9.75. The summed E-state index contributed by atoms with van der Waals surface area (Å²) in [6, 6.07) is 9.61. The molecule has 0 unspecified atom stereocenters. The number of esters is 1. The van der Waals surface area contributed by atoms with Gasteiger partial charge in [-0.15, -0.1) is 0 Å². The van der Waals surface area contributed by atoms with E-state index in [1.54, 1.807) is 0 Å². The molecule has 0 aromatic heterocycles. The Morgan fingerprint density at radius 2 is 1.81 bits per heavy atom. The van der Waals surface area contributed by atoms with Crippen molar-refractivity contribution in [2.24, 2.45) is 0 Å². The Balaban J connectivity index is 2.16. The molecule has 0 saturated carbocycles. The van der Waals surface area contributed by atoms with Crippen LogP contribution in [0.4, 0.5) is 0 Å². The van der Waals surface area contributed by atoms with Gasteiger partial charge in [0, 0.05) is 12.4 Å². The van der Waals surface area contributed by atoms with Gasteiger partial charge < -0.3 is 14.6 Å². The number of carbonyl (C=O) groups is 2. The molecule has 1 aromatic rings. The van der Waals surface area contributed by atoms with Gasteiger partial charge in [0.15, 0.2) is 0 Å². The smallest absolute Gasteiger partial charge is 0.306 e. The molecular formula is C12H13O4-. The summed E-state index contributed by atoms with van der Waals surface area (Å²) in [5.74, 6) is -1.74. The van der Waals surface area contributed by atoms with E-state index in [0.717, 1.165) is 5.56 Å². The second-order valence-corrected chi connectivity index (χ2v) is 3.33. The van der Waals surface area contributed by atoms with Gasteiger partial charge in [0.25, 0.3) is 0 Å². The molecule has 86 valence electrons. The summed E-state index contributed by atoms with van der Waals surface area (Å²) in [5.41, 5.74) is 1.08. The van der Waals surface area contributed by atoms with Crippen LogP contribution in [-0.4, -0.2) is 18.5 Å². The number of rotatable bonds is 6. The number of carboxylic acids is 1. The quantitative estimate of drug-likeness (QED) is 0.648. The zero-order valence-electron chi connectivity index (χ0n) is 8.85. The molecule has 1 aromatic carbocycles. The number of hydrogen-bond acceptors (Lipinski definition) is 4. The van der Waals surface area contributed by atoms with Gasteiger partial charge in [-0.25, -0.2) is 0 Å². The topological polar surface area (TPSA) is 66.4 Å². The molecule has 0 fully saturated rings. The van der Waals surface area contributed by atoms with Crippen LogP contribution < -0.4 is 5.11 Å². The largest absolute Gasteiger partial charge is 0.550 e. The number of aliphatic carboxylic acids is 1. The van der Waals surface area contributed by atoms with Crippen LogP contribution in [0.25, 0.3) is 0 Å². The van der Waals surface area contributed by atoms with Gasteiger partial charge >= 0.3 is 5.97 Å². The number of benzene rings is 1. The molecule has 0 spiro atoms. The van der Waals surface area contributed by atoms with Gasteiger partial charge in [-0.2, -0.15) is 0 Å². The van der Waals surface area contributed by atoms with Crippen molar-refractivity contribution in [2.75, 3.05) is 6.61 Å². The molecule has 0 N–H and O–H groups in total. The molecule has 0 atom stereocenters. The predicted molar refractivity (Wildman–Crippen MR) is 55.3 cm³/mol. The molecule has 4 nitrogen and oxygen atoms in total. The van der Waals surface area contributed by atoms with E-state index in [1.165, 1.54) is 0 Å². The summed E-state index contributed by atoms with van der Waals surface area (Å²) in [6.07, 6.45) is 0.221. The minimum atomic E-state index is -1.24. The van der Waals surface area contributed by atoms with Crippen LogP contribution in [0.1, 0.15) is 18.4 Å². The number of ether oxygens (including phenoxy) is 1. The molecule has 0 amide bonds. The van der Waals surface area contributed by atoms with Crippen LogP contribution >= 0.6 is 0 Å². The molecule has 1 rings (SSSR count). The van der Waals surface area contributed by atoms with Gasteiger partial charge in [0.1, 0.15) is 0 Å². The summed E-state index contributed by atoms with van der Waals surface area (Å²) in [7, 11) is 0. The van der Waals surface area contributed by atoms with Gasteiger partial charge in [-0.05, 0) is 12.0 Å². The number of hydrogen-bond donors (Lipinski definition) is 0. The van der Waals surface area contributed by atoms with Crippen molar-refractivity contribution in [1.82, 2.24) is 0 Å². The molecule has 0 aliphatic carbocycles. The van der Waals surface area contributed by atoms with Gasteiger partial charge in [-0.1, -0.05) is 30.3 Å². The highest BCUT2D eigenvalue weighted by molar-refractivity contribution is 5.75. The third-order valence-electron chi connectivity index (χ3n) is 2.03.